The summed E-state index contributed by atoms with van der Waals surface area (Å²) in [6, 6.07) is 0. The highest BCUT2D eigenvalue weighted by Gasteiger charge is 2.19. The molecule has 6 heteroatoms. The van der Waals surface area contributed by atoms with Crippen LogP contribution in [0.25, 0.3) is 0 Å². The van der Waals surface area contributed by atoms with Crippen LogP contribution < -0.4 is 0 Å². The van der Waals surface area contributed by atoms with E-state index in [1.54, 1.807) is 0 Å². The Bertz CT molecular complexity index is 1110. The smallest absolute Gasteiger partial charge is 0.306 e. The summed E-state index contributed by atoms with van der Waals surface area (Å²) in [4.78, 5) is 37.6. The summed E-state index contributed by atoms with van der Waals surface area (Å²) in [5, 5.41) is 0. The van der Waals surface area contributed by atoms with Gasteiger partial charge in [0.15, 0.2) is 6.10 Å². The monoisotopic (exact) mass is 765 g/mol. The first-order chi connectivity index (χ1) is 27.0. The number of hydrogen-bond acceptors (Lipinski definition) is 6. The molecule has 0 aromatic rings. The second kappa shape index (κ2) is 43.3. The first-order valence-corrected chi connectivity index (χ1v) is 22.2. The lowest BCUT2D eigenvalue weighted by Crippen LogP contribution is -2.30. The first kappa shape index (κ1) is 51.6. The van der Waals surface area contributed by atoms with Crippen LogP contribution in [-0.2, 0) is 28.6 Å². The van der Waals surface area contributed by atoms with E-state index >= 15 is 0 Å². The number of esters is 3. The molecule has 0 saturated heterocycles. The Kier molecular flexibility index (Phi) is 40.6. The molecule has 0 N–H and O–H groups in total. The Hall–Kier alpha value is -3.41. The topological polar surface area (TPSA) is 78.9 Å². The maximum atomic E-state index is 12.7. The van der Waals surface area contributed by atoms with E-state index in [0.717, 1.165) is 83.5 Å². The van der Waals surface area contributed by atoms with Gasteiger partial charge in [0.05, 0.1) is 0 Å². The molecule has 6 nitrogen and oxygen atoms in total. The van der Waals surface area contributed by atoms with Crippen molar-refractivity contribution in [1.29, 1.82) is 0 Å². The van der Waals surface area contributed by atoms with Gasteiger partial charge < -0.3 is 14.2 Å². The van der Waals surface area contributed by atoms with Crippen molar-refractivity contribution in [3.63, 3.8) is 0 Å². The van der Waals surface area contributed by atoms with Gasteiger partial charge in [-0.2, -0.15) is 0 Å². The highest BCUT2D eigenvalue weighted by Crippen LogP contribution is 2.12. The van der Waals surface area contributed by atoms with Crippen LogP contribution in [0, 0.1) is 0 Å². The van der Waals surface area contributed by atoms with Crippen LogP contribution in [-0.4, -0.2) is 37.2 Å². The Morgan fingerprint density at radius 3 is 1.27 bits per heavy atom. The molecule has 0 saturated carbocycles. The van der Waals surface area contributed by atoms with Crippen LogP contribution in [0.2, 0.25) is 0 Å². The molecule has 0 aliphatic heterocycles. The number of ether oxygens (including phenoxy) is 3. The van der Waals surface area contributed by atoms with Crippen molar-refractivity contribution < 1.29 is 28.6 Å². The quantitative estimate of drug-likeness (QED) is 0.0205. The van der Waals surface area contributed by atoms with E-state index < -0.39 is 12.1 Å². The molecule has 1 unspecified atom stereocenters. The van der Waals surface area contributed by atoms with Crippen molar-refractivity contribution in [3.05, 3.63) is 85.1 Å². The molecule has 0 bridgehead atoms. The van der Waals surface area contributed by atoms with Gasteiger partial charge in [0, 0.05) is 19.3 Å². The van der Waals surface area contributed by atoms with E-state index in [4.69, 9.17) is 14.2 Å². The van der Waals surface area contributed by atoms with Crippen LogP contribution in [0.15, 0.2) is 85.1 Å². The highest BCUT2D eigenvalue weighted by atomic mass is 16.6. The van der Waals surface area contributed by atoms with Gasteiger partial charge in [0.25, 0.3) is 0 Å². The summed E-state index contributed by atoms with van der Waals surface area (Å²) in [6.07, 6.45) is 54.3. The first-order valence-electron chi connectivity index (χ1n) is 22.2. The van der Waals surface area contributed by atoms with Crippen molar-refractivity contribution in [1.82, 2.24) is 0 Å². The van der Waals surface area contributed by atoms with Crippen LogP contribution in [0.5, 0.6) is 0 Å². The number of carbonyl (C=O) groups excluding carboxylic acids is 3. The van der Waals surface area contributed by atoms with Crippen molar-refractivity contribution in [2.75, 3.05) is 13.2 Å². The number of unbranched alkanes of at least 4 members (excludes halogenated alkanes) is 17. The van der Waals surface area contributed by atoms with Gasteiger partial charge in [-0.15, -0.1) is 0 Å². The fourth-order valence-corrected chi connectivity index (χ4v) is 5.62. The molecule has 0 rings (SSSR count). The van der Waals surface area contributed by atoms with Gasteiger partial charge in [-0.05, 0) is 77.0 Å². The third-order valence-corrected chi connectivity index (χ3v) is 8.98. The van der Waals surface area contributed by atoms with Crippen molar-refractivity contribution in [3.8, 4) is 0 Å². The lowest BCUT2D eigenvalue weighted by molar-refractivity contribution is -0.167. The normalized spacial score (nSPS) is 12.9. The Morgan fingerprint density at radius 1 is 0.382 bits per heavy atom. The minimum Gasteiger partial charge on any atom is -0.462 e. The van der Waals surface area contributed by atoms with E-state index in [9.17, 15) is 14.4 Å². The SMILES string of the molecule is CC\C=C/C=C\C=C/C=C\C=C/CCCC(=O)OC(COC(=O)CCCCC/C=C\CCCCCCCCC)COC(=O)CCCCCC/C=C\CCCC. The third kappa shape index (κ3) is 41.6. The molecule has 0 aliphatic rings. The van der Waals surface area contributed by atoms with Gasteiger partial charge in [0.2, 0.25) is 0 Å². The summed E-state index contributed by atoms with van der Waals surface area (Å²) in [5.41, 5.74) is 0. The summed E-state index contributed by atoms with van der Waals surface area (Å²) in [7, 11) is 0. The van der Waals surface area contributed by atoms with E-state index in [1.165, 1.54) is 57.8 Å². The standard InChI is InChI=1S/C49H80O6/c1-4-7-10-13-16-19-22-24-26-27-30-33-36-39-42-48(51)54-45-46(44-53-47(50)41-38-35-32-29-21-18-15-12-9-6-3)55-49(52)43-40-37-34-31-28-25-23-20-17-14-11-8-5-2/h8,11,14-15,17-18,20,23,25-28,31,34,46H,4-7,9-10,12-13,16,19,21-22,24,29-30,32-33,35-45H2,1-3H3/b11-8-,17-14-,18-15-,23-20-,27-26-,28-25-,34-31-. The highest BCUT2D eigenvalue weighted by molar-refractivity contribution is 5.71. The predicted octanol–water partition coefficient (Wildman–Crippen LogP) is 14.1. The average Bonchev–Trinajstić information content (AvgIpc) is 3.18. The minimum absolute atomic E-state index is 0.117. The van der Waals surface area contributed by atoms with Gasteiger partial charge in [-0.25, -0.2) is 0 Å². The molecular weight excluding hydrogens is 685 g/mol. The lowest BCUT2D eigenvalue weighted by atomic mass is 10.1. The van der Waals surface area contributed by atoms with Gasteiger partial charge in [-0.1, -0.05) is 176 Å². The molecule has 0 aliphatic carbocycles. The third-order valence-electron chi connectivity index (χ3n) is 8.98. The van der Waals surface area contributed by atoms with Crippen LogP contribution >= 0.6 is 0 Å². The Balaban J connectivity index is 4.54. The van der Waals surface area contributed by atoms with Crippen LogP contribution in [0.3, 0.4) is 0 Å². The lowest BCUT2D eigenvalue weighted by Gasteiger charge is -2.18. The zero-order chi connectivity index (χ0) is 40.1. The van der Waals surface area contributed by atoms with E-state index in [1.807, 2.05) is 54.7 Å². The molecule has 0 aromatic heterocycles. The molecular formula is C49H80O6. The number of carbonyl (C=O) groups is 3. The van der Waals surface area contributed by atoms with Gasteiger partial charge in [-0.3, -0.25) is 14.4 Å². The zero-order valence-electron chi connectivity index (χ0n) is 35.4. The molecule has 0 fully saturated rings. The van der Waals surface area contributed by atoms with Gasteiger partial charge in [0.1, 0.15) is 13.2 Å². The Labute approximate surface area is 337 Å². The van der Waals surface area contributed by atoms with Crippen LogP contribution in [0.1, 0.15) is 188 Å². The fraction of sp³-hybridized carbons (Fsp3) is 0.653. The molecule has 0 amide bonds. The predicted molar refractivity (Wildman–Crippen MR) is 233 cm³/mol. The van der Waals surface area contributed by atoms with E-state index in [-0.39, 0.29) is 31.6 Å². The molecule has 0 aromatic carbocycles. The van der Waals surface area contributed by atoms with E-state index in [0.29, 0.717) is 19.3 Å². The zero-order valence-corrected chi connectivity index (χ0v) is 35.4. The number of hydrogen-bond donors (Lipinski definition) is 0. The van der Waals surface area contributed by atoms with Crippen molar-refractivity contribution in [2.24, 2.45) is 0 Å². The fourth-order valence-electron chi connectivity index (χ4n) is 5.62. The molecule has 0 radical (unpaired) electrons. The second-order valence-electron chi connectivity index (χ2n) is 14.3. The van der Waals surface area contributed by atoms with Crippen molar-refractivity contribution in [2.45, 2.75) is 194 Å². The van der Waals surface area contributed by atoms with E-state index in [2.05, 4.69) is 51.2 Å². The molecule has 0 heterocycles. The second-order valence-corrected chi connectivity index (χ2v) is 14.3. The summed E-state index contributed by atoms with van der Waals surface area (Å²) in [5.74, 6) is -1.03. The molecule has 55 heavy (non-hydrogen) atoms. The molecule has 1 atom stereocenters. The minimum atomic E-state index is -0.821. The molecule has 312 valence electrons. The maximum absolute atomic E-state index is 12.7. The number of rotatable bonds is 38. The Morgan fingerprint density at radius 2 is 0.764 bits per heavy atom. The summed E-state index contributed by atoms with van der Waals surface area (Å²) < 4.78 is 16.6. The largest absolute Gasteiger partial charge is 0.462 e. The van der Waals surface area contributed by atoms with Gasteiger partial charge >= 0.3 is 17.9 Å². The molecule has 0 spiro atoms. The van der Waals surface area contributed by atoms with Crippen LogP contribution in [0.4, 0.5) is 0 Å². The number of allylic oxidation sites excluding steroid dienone is 14. The summed E-state index contributed by atoms with van der Waals surface area (Å²) in [6.45, 7) is 6.33. The average molecular weight is 765 g/mol. The van der Waals surface area contributed by atoms with Crippen molar-refractivity contribution >= 4 is 17.9 Å². The summed E-state index contributed by atoms with van der Waals surface area (Å²) >= 11 is 0. The maximum Gasteiger partial charge on any atom is 0.306 e.